The maximum atomic E-state index is 9.49. The average molecular weight is 319 g/mol. The zero-order valence-corrected chi connectivity index (χ0v) is 13.5. The topological polar surface area (TPSA) is 96.1 Å². The van der Waals surface area contributed by atoms with Crippen LogP contribution in [0.25, 0.3) is 22.6 Å². The number of benzene rings is 1. The van der Waals surface area contributed by atoms with E-state index in [0.29, 0.717) is 22.8 Å². The van der Waals surface area contributed by atoms with Gasteiger partial charge in [0.05, 0.1) is 5.69 Å². The quantitative estimate of drug-likeness (QED) is 0.769. The van der Waals surface area contributed by atoms with Gasteiger partial charge in [0.25, 0.3) is 0 Å². The molecule has 0 saturated heterocycles. The first-order valence-electron chi connectivity index (χ1n) is 7.52. The van der Waals surface area contributed by atoms with Crippen LogP contribution in [0, 0.1) is 25.2 Å². The van der Waals surface area contributed by atoms with Crippen LogP contribution < -0.4 is 5.73 Å². The van der Waals surface area contributed by atoms with Gasteiger partial charge < -0.3 is 15.3 Å². The molecule has 120 valence electrons. The molecule has 0 bridgehead atoms. The van der Waals surface area contributed by atoms with Gasteiger partial charge in [-0.3, -0.25) is 0 Å². The molecule has 3 N–H and O–H groups in total. The van der Waals surface area contributed by atoms with Gasteiger partial charge in [0.2, 0.25) is 0 Å². The molecule has 0 amide bonds. The Labute approximate surface area is 140 Å². The van der Waals surface area contributed by atoms with Crippen molar-refractivity contribution in [3.8, 4) is 28.7 Å². The number of anilines is 1. The van der Waals surface area contributed by atoms with Crippen molar-refractivity contribution in [3.63, 3.8) is 0 Å². The lowest BCUT2D eigenvalue weighted by Crippen LogP contribution is -2.03. The minimum Gasteiger partial charge on any atom is -0.459 e. The Bertz CT molecular complexity index is 934. The molecule has 0 radical (unpaired) electrons. The standard InChI is InChI=1S/C19H17N3O2/c1-11-3-5-13(6-4-11)18-12(2)17(15(9-20)19(21)22-18)16-8-7-14(10-23)24-16/h3-8,23H,10H2,1-2H3,(H2,21,22). The summed E-state index contributed by atoms with van der Waals surface area (Å²) in [5.74, 6) is 1.09. The van der Waals surface area contributed by atoms with E-state index in [1.807, 2.05) is 38.1 Å². The van der Waals surface area contributed by atoms with Crippen molar-refractivity contribution in [2.24, 2.45) is 0 Å². The number of furan rings is 1. The molecular formula is C19H17N3O2. The van der Waals surface area contributed by atoms with Gasteiger partial charge in [-0.05, 0) is 31.5 Å². The number of aliphatic hydroxyl groups excluding tert-OH is 1. The Morgan fingerprint density at radius 2 is 1.88 bits per heavy atom. The second-order valence-corrected chi connectivity index (χ2v) is 5.62. The third-order valence-corrected chi connectivity index (χ3v) is 3.97. The van der Waals surface area contributed by atoms with E-state index in [2.05, 4.69) is 11.1 Å². The summed E-state index contributed by atoms with van der Waals surface area (Å²) in [7, 11) is 0. The number of aryl methyl sites for hydroxylation is 1. The highest BCUT2D eigenvalue weighted by molar-refractivity contribution is 5.82. The van der Waals surface area contributed by atoms with E-state index in [-0.39, 0.29) is 18.0 Å². The molecule has 5 heteroatoms. The molecular weight excluding hydrogens is 302 g/mol. The Morgan fingerprint density at radius 1 is 1.17 bits per heavy atom. The average Bonchev–Trinajstić information content (AvgIpc) is 3.05. The molecule has 0 aliphatic rings. The Balaban J connectivity index is 2.27. The van der Waals surface area contributed by atoms with Gasteiger partial charge in [-0.2, -0.15) is 5.26 Å². The Hall–Kier alpha value is -3.10. The molecule has 3 rings (SSSR count). The number of pyridine rings is 1. The van der Waals surface area contributed by atoms with Crippen molar-refractivity contribution in [1.82, 2.24) is 4.98 Å². The number of rotatable bonds is 3. The predicted octanol–water partition coefficient (Wildman–Crippen LogP) is 3.57. The maximum Gasteiger partial charge on any atom is 0.142 e. The Morgan fingerprint density at radius 3 is 2.46 bits per heavy atom. The molecule has 0 unspecified atom stereocenters. The van der Waals surface area contributed by atoms with Crippen LogP contribution in [-0.2, 0) is 6.61 Å². The van der Waals surface area contributed by atoms with Gasteiger partial charge in [0, 0.05) is 11.1 Å². The van der Waals surface area contributed by atoms with Crippen LogP contribution in [0.5, 0.6) is 0 Å². The summed E-state index contributed by atoms with van der Waals surface area (Å²) in [5.41, 5.74) is 10.5. The summed E-state index contributed by atoms with van der Waals surface area (Å²) in [6.45, 7) is 3.70. The van der Waals surface area contributed by atoms with Crippen LogP contribution in [0.3, 0.4) is 0 Å². The number of aliphatic hydroxyl groups is 1. The molecule has 0 aliphatic heterocycles. The monoisotopic (exact) mass is 319 g/mol. The van der Waals surface area contributed by atoms with E-state index >= 15 is 0 Å². The third kappa shape index (κ3) is 2.64. The molecule has 3 aromatic rings. The van der Waals surface area contributed by atoms with Crippen LogP contribution in [0.4, 0.5) is 5.82 Å². The van der Waals surface area contributed by atoms with E-state index in [9.17, 15) is 10.4 Å². The van der Waals surface area contributed by atoms with Crippen LogP contribution in [-0.4, -0.2) is 10.1 Å². The van der Waals surface area contributed by atoms with E-state index in [0.717, 1.165) is 16.7 Å². The normalized spacial score (nSPS) is 10.6. The fraction of sp³-hybridized carbons (Fsp3) is 0.158. The van der Waals surface area contributed by atoms with Gasteiger partial charge in [0.1, 0.15) is 35.6 Å². The summed E-state index contributed by atoms with van der Waals surface area (Å²) in [6.07, 6.45) is 0. The van der Waals surface area contributed by atoms with Crippen molar-refractivity contribution in [1.29, 1.82) is 5.26 Å². The van der Waals surface area contributed by atoms with Gasteiger partial charge in [0.15, 0.2) is 0 Å². The summed E-state index contributed by atoms with van der Waals surface area (Å²) in [6, 6.07) is 13.5. The summed E-state index contributed by atoms with van der Waals surface area (Å²) in [4.78, 5) is 4.42. The molecule has 2 aromatic heterocycles. The number of aromatic nitrogens is 1. The van der Waals surface area contributed by atoms with Gasteiger partial charge in [-0.15, -0.1) is 0 Å². The molecule has 1 aromatic carbocycles. The van der Waals surface area contributed by atoms with Crippen molar-refractivity contribution in [2.75, 3.05) is 5.73 Å². The number of nitrogens with two attached hydrogens (primary N) is 1. The molecule has 2 heterocycles. The number of nitrogen functional groups attached to an aromatic ring is 1. The maximum absolute atomic E-state index is 9.49. The highest BCUT2D eigenvalue weighted by atomic mass is 16.4. The smallest absolute Gasteiger partial charge is 0.142 e. The van der Waals surface area contributed by atoms with Crippen molar-refractivity contribution in [2.45, 2.75) is 20.5 Å². The fourth-order valence-corrected chi connectivity index (χ4v) is 2.71. The summed E-state index contributed by atoms with van der Waals surface area (Å²) >= 11 is 0. The number of hydrogen-bond donors (Lipinski definition) is 2. The van der Waals surface area contributed by atoms with Crippen LogP contribution in [0.1, 0.15) is 22.5 Å². The van der Waals surface area contributed by atoms with Crippen LogP contribution in [0.2, 0.25) is 0 Å². The molecule has 5 nitrogen and oxygen atoms in total. The first-order valence-corrected chi connectivity index (χ1v) is 7.52. The van der Waals surface area contributed by atoms with E-state index in [1.165, 1.54) is 0 Å². The first-order chi connectivity index (χ1) is 11.5. The lowest BCUT2D eigenvalue weighted by atomic mass is 9.96. The van der Waals surface area contributed by atoms with E-state index in [4.69, 9.17) is 10.2 Å². The molecule has 0 fully saturated rings. The number of hydrogen-bond acceptors (Lipinski definition) is 5. The zero-order valence-electron chi connectivity index (χ0n) is 13.5. The Kier molecular flexibility index (Phi) is 4.07. The molecule has 0 saturated carbocycles. The first kappa shape index (κ1) is 15.8. The largest absolute Gasteiger partial charge is 0.459 e. The summed E-state index contributed by atoms with van der Waals surface area (Å²) < 4.78 is 5.62. The lowest BCUT2D eigenvalue weighted by Gasteiger charge is -2.13. The number of nitrogens with zero attached hydrogens (tertiary/aromatic N) is 2. The zero-order chi connectivity index (χ0) is 17.3. The minimum atomic E-state index is -0.202. The summed E-state index contributed by atoms with van der Waals surface area (Å²) in [5, 5.41) is 18.7. The molecule has 24 heavy (non-hydrogen) atoms. The van der Waals surface area contributed by atoms with E-state index in [1.54, 1.807) is 12.1 Å². The molecule has 0 spiro atoms. The predicted molar refractivity (Wildman–Crippen MR) is 91.9 cm³/mol. The second-order valence-electron chi connectivity index (χ2n) is 5.62. The lowest BCUT2D eigenvalue weighted by molar-refractivity contribution is 0.248. The highest BCUT2D eigenvalue weighted by Crippen LogP contribution is 2.36. The second kappa shape index (κ2) is 6.19. The van der Waals surface area contributed by atoms with Crippen molar-refractivity contribution in [3.05, 3.63) is 58.8 Å². The molecule has 0 atom stereocenters. The van der Waals surface area contributed by atoms with Crippen molar-refractivity contribution >= 4 is 5.82 Å². The fourth-order valence-electron chi connectivity index (χ4n) is 2.71. The minimum absolute atomic E-state index is 0.163. The third-order valence-electron chi connectivity index (χ3n) is 3.97. The van der Waals surface area contributed by atoms with Crippen LogP contribution >= 0.6 is 0 Å². The van der Waals surface area contributed by atoms with Crippen molar-refractivity contribution < 1.29 is 9.52 Å². The highest BCUT2D eigenvalue weighted by Gasteiger charge is 2.20. The van der Waals surface area contributed by atoms with E-state index < -0.39 is 0 Å². The molecule has 0 aliphatic carbocycles. The van der Waals surface area contributed by atoms with Crippen LogP contribution in [0.15, 0.2) is 40.8 Å². The number of nitriles is 1. The van der Waals surface area contributed by atoms with Gasteiger partial charge in [-0.1, -0.05) is 29.8 Å². The SMILES string of the molecule is Cc1ccc(-c2nc(N)c(C#N)c(-c3ccc(CO)o3)c2C)cc1. The van der Waals surface area contributed by atoms with Gasteiger partial charge >= 0.3 is 0 Å². The van der Waals surface area contributed by atoms with Gasteiger partial charge in [-0.25, -0.2) is 4.98 Å².